The Morgan fingerprint density at radius 1 is 1.44 bits per heavy atom. The van der Waals surface area contributed by atoms with E-state index in [9.17, 15) is 4.79 Å². The van der Waals surface area contributed by atoms with Gasteiger partial charge in [-0.25, -0.2) is 0 Å². The van der Waals surface area contributed by atoms with Crippen LogP contribution < -0.4 is 0 Å². The van der Waals surface area contributed by atoms with Crippen molar-refractivity contribution in [1.82, 2.24) is 9.80 Å². The van der Waals surface area contributed by atoms with Gasteiger partial charge >= 0.3 is 0 Å². The lowest BCUT2D eigenvalue weighted by molar-refractivity contribution is -0.141. The largest absolute Gasteiger partial charge is 0.372 e. The molecule has 2 atom stereocenters. The van der Waals surface area contributed by atoms with Gasteiger partial charge in [0.2, 0.25) is 5.91 Å². The molecule has 2 aliphatic heterocycles. The smallest absolute Gasteiger partial charge is 0.248 e. The number of nitrogens with zero attached hydrogens (tertiary/aromatic N) is 2. The Hall–Kier alpha value is -0.610. The van der Waals surface area contributed by atoms with Gasteiger partial charge in [0.25, 0.3) is 0 Å². The summed E-state index contributed by atoms with van der Waals surface area (Å²) in [6, 6.07) is 0.934. The summed E-state index contributed by atoms with van der Waals surface area (Å²) < 4.78 is 5.20. The topological polar surface area (TPSA) is 32.8 Å². The van der Waals surface area contributed by atoms with Gasteiger partial charge in [-0.1, -0.05) is 0 Å². The maximum Gasteiger partial charge on any atom is 0.248 e. The van der Waals surface area contributed by atoms with E-state index in [1.165, 1.54) is 19.4 Å². The monoisotopic (exact) mass is 226 g/mol. The summed E-state index contributed by atoms with van der Waals surface area (Å²) in [5.74, 6) is 0.154. The average molecular weight is 226 g/mol. The van der Waals surface area contributed by atoms with E-state index < -0.39 is 0 Å². The van der Waals surface area contributed by atoms with Crippen molar-refractivity contribution in [3.8, 4) is 0 Å². The summed E-state index contributed by atoms with van der Waals surface area (Å²) in [4.78, 5) is 16.5. The van der Waals surface area contributed by atoms with Crippen molar-refractivity contribution >= 4 is 5.91 Å². The van der Waals surface area contributed by atoms with Crippen molar-refractivity contribution < 1.29 is 9.53 Å². The van der Waals surface area contributed by atoms with E-state index in [1.54, 1.807) is 0 Å². The highest BCUT2D eigenvalue weighted by Crippen LogP contribution is 2.24. The van der Waals surface area contributed by atoms with Gasteiger partial charge in [-0.2, -0.15) is 0 Å². The molecule has 2 fully saturated rings. The van der Waals surface area contributed by atoms with E-state index in [0.717, 1.165) is 13.1 Å². The summed E-state index contributed by atoms with van der Waals surface area (Å²) in [5.41, 5.74) is 0. The predicted octanol–water partition coefficient (Wildman–Crippen LogP) is 0.718. The first-order valence-corrected chi connectivity index (χ1v) is 6.33. The fraction of sp³-hybridized carbons (Fsp3) is 0.917. The van der Waals surface area contributed by atoms with Crippen molar-refractivity contribution in [2.45, 2.75) is 38.8 Å². The molecular formula is C12H22N2O2. The summed E-state index contributed by atoms with van der Waals surface area (Å²) in [5, 5.41) is 0. The number of carbonyl (C=O) groups is 1. The third kappa shape index (κ3) is 2.38. The van der Waals surface area contributed by atoms with Crippen LogP contribution in [0.2, 0.25) is 0 Å². The standard InChI is InChI=1S/C12H22N2O2/c1-3-16-9-12(15)14-8-11-5-4-6-13(11)7-10(14)2/h10-11H,3-9H2,1-2H3. The van der Waals surface area contributed by atoms with Crippen LogP contribution in [0.25, 0.3) is 0 Å². The first kappa shape index (κ1) is 11.9. The van der Waals surface area contributed by atoms with Crippen molar-refractivity contribution in [3.63, 3.8) is 0 Å². The molecule has 2 heterocycles. The van der Waals surface area contributed by atoms with Gasteiger partial charge < -0.3 is 9.64 Å². The minimum Gasteiger partial charge on any atom is -0.372 e. The summed E-state index contributed by atoms with van der Waals surface area (Å²) in [6.45, 7) is 8.05. The van der Waals surface area contributed by atoms with Gasteiger partial charge in [0.15, 0.2) is 0 Å². The van der Waals surface area contributed by atoms with Gasteiger partial charge in [-0.15, -0.1) is 0 Å². The molecule has 0 radical (unpaired) electrons. The van der Waals surface area contributed by atoms with Crippen LogP contribution in [0.4, 0.5) is 0 Å². The minimum atomic E-state index is 0.154. The van der Waals surface area contributed by atoms with Crippen LogP contribution in [0.15, 0.2) is 0 Å². The van der Waals surface area contributed by atoms with Crippen LogP contribution in [0.3, 0.4) is 0 Å². The molecule has 2 unspecified atom stereocenters. The summed E-state index contributed by atoms with van der Waals surface area (Å²) in [6.07, 6.45) is 2.52. The molecule has 16 heavy (non-hydrogen) atoms. The predicted molar refractivity (Wildman–Crippen MR) is 62.3 cm³/mol. The molecule has 0 saturated carbocycles. The maximum absolute atomic E-state index is 11.9. The number of ether oxygens (including phenoxy) is 1. The van der Waals surface area contributed by atoms with Gasteiger partial charge in [-0.05, 0) is 33.2 Å². The van der Waals surface area contributed by atoms with Gasteiger partial charge in [0.1, 0.15) is 6.61 Å². The molecule has 0 aromatic rings. The minimum absolute atomic E-state index is 0.154. The first-order valence-electron chi connectivity index (χ1n) is 6.33. The van der Waals surface area contributed by atoms with Gasteiger partial charge in [-0.3, -0.25) is 9.69 Å². The number of piperazine rings is 1. The Balaban J connectivity index is 1.91. The molecule has 1 amide bonds. The Morgan fingerprint density at radius 2 is 2.25 bits per heavy atom. The Labute approximate surface area is 97.5 Å². The molecule has 2 rings (SSSR count). The zero-order chi connectivity index (χ0) is 11.5. The van der Waals surface area contributed by atoms with Gasteiger partial charge in [0, 0.05) is 31.8 Å². The Kier molecular flexibility index (Phi) is 3.82. The van der Waals surface area contributed by atoms with E-state index in [2.05, 4.69) is 11.8 Å². The zero-order valence-corrected chi connectivity index (χ0v) is 10.3. The third-order valence-corrected chi connectivity index (χ3v) is 3.69. The molecule has 0 aromatic heterocycles. The molecule has 92 valence electrons. The highest BCUT2D eigenvalue weighted by molar-refractivity contribution is 5.78. The van der Waals surface area contributed by atoms with E-state index in [4.69, 9.17) is 4.74 Å². The fourth-order valence-electron chi connectivity index (χ4n) is 2.81. The van der Waals surface area contributed by atoms with Gasteiger partial charge in [0.05, 0.1) is 0 Å². The second kappa shape index (κ2) is 5.15. The molecule has 0 N–H and O–H groups in total. The average Bonchev–Trinajstić information content (AvgIpc) is 2.71. The number of carbonyl (C=O) groups excluding carboxylic acids is 1. The molecule has 4 heteroatoms. The number of hydrogen-bond donors (Lipinski definition) is 0. The highest BCUT2D eigenvalue weighted by Gasteiger charge is 2.36. The summed E-state index contributed by atoms with van der Waals surface area (Å²) in [7, 11) is 0. The second-order valence-corrected chi connectivity index (χ2v) is 4.82. The van der Waals surface area contributed by atoms with Crippen LogP contribution in [0.1, 0.15) is 26.7 Å². The van der Waals surface area contributed by atoms with E-state index in [1.807, 2.05) is 11.8 Å². The van der Waals surface area contributed by atoms with E-state index in [-0.39, 0.29) is 12.5 Å². The molecule has 4 nitrogen and oxygen atoms in total. The van der Waals surface area contributed by atoms with Crippen molar-refractivity contribution in [2.75, 3.05) is 32.8 Å². The highest BCUT2D eigenvalue weighted by atomic mass is 16.5. The number of amides is 1. The third-order valence-electron chi connectivity index (χ3n) is 3.69. The Morgan fingerprint density at radius 3 is 3.00 bits per heavy atom. The number of rotatable bonds is 3. The van der Waals surface area contributed by atoms with E-state index >= 15 is 0 Å². The van der Waals surface area contributed by atoms with Crippen LogP contribution in [0.5, 0.6) is 0 Å². The van der Waals surface area contributed by atoms with Crippen molar-refractivity contribution in [1.29, 1.82) is 0 Å². The molecule has 2 saturated heterocycles. The van der Waals surface area contributed by atoms with Crippen LogP contribution in [-0.2, 0) is 9.53 Å². The molecule has 2 aliphatic rings. The van der Waals surface area contributed by atoms with Crippen molar-refractivity contribution in [3.05, 3.63) is 0 Å². The number of hydrogen-bond acceptors (Lipinski definition) is 3. The van der Waals surface area contributed by atoms with Crippen LogP contribution in [-0.4, -0.2) is 60.6 Å². The maximum atomic E-state index is 11.9. The summed E-state index contributed by atoms with van der Waals surface area (Å²) >= 11 is 0. The molecule has 0 bridgehead atoms. The first-order chi connectivity index (χ1) is 7.72. The quantitative estimate of drug-likeness (QED) is 0.711. The SMILES string of the molecule is CCOCC(=O)N1CC2CCCN2CC1C. The molecule has 0 spiro atoms. The lowest BCUT2D eigenvalue weighted by Crippen LogP contribution is -2.57. The lowest BCUT2D eigenvalue weighted by Gasteiger charge is -2.42. The zero-order valence-electron chi connectivity index (χ0n) is 10.3. The lowest BCUT2D eigenvalue weighted by atomic mass is 10.1. The fourth-order valence-corrected chi connectivity index (χ4v) is 2.81. The van der Waals surface area contributed by atoms with E-state index in [0.29, 0.717) is 18.7 Å². The van der Waals surface area contributed by atoms with Crippen LogP contribution >= 0.6 is 0 Å². The Bertz CT molecular complexity index is 257. The normalized spacial score (nSPS) is 30.5. The molecule has 0 aromatic carbocycles. The van der Waals surface area contributed by atoms with Crippen LogP contribution in [0, 0.1) is 0 Å². The molecule has 0 aliphatic carbocycles. The second-order valence-electron chi connectivity index (χ2n) is 4.82. The number of fused-ring (bicyclic) bond motifs is 1. The van der Waals surface area contributed by atoms with Crippen molar-refractivity contribution in [2.24, 2.45) is 0 Å². The molecular weight excluding hydrogens is 204 g/mol.